The molecule has 4 aromatic rings. The molecule has 1 amide bonds. The summed E-state index contributed by atoms with van der Waals surface area (Å²) in [6, 6.07) is 18.5. The zero-order valence-corrected chi connectivity index (χ0v) is 18.5. The number of ether oxygens (including phenoxy) is 1. The number of para-hydroxylation sites is 1. The number of benzene rings is 2. The Morgan fingerprint density at radius 2 is 1.78 bits per heavy atom. The first-order valence-electron chi connectivity index (χ1n) is 10.7. The Balaban J connectivity index is 1.61. The fraction of sp³-hybridized carbons (Fsp3) is 0.240. The zero-order valence-electron chi connectivity index (χ0n) is 18.5. The van der Waals surface area contributed by atoms with Crippen LogP contribution in [-0.2, 0) is 11.3 Å². The number of aromatic nitrogens is 3. The molecule has 0 aliphatic heterocycles. The summed E-state index contributed by atoms with van der Waals surface area (Å²) in [5, 5.41) is 8.50. The fourth-order valence-electron chi connectivity index (χ4n) is 3.87. The van der Waals surface area contributed by atoms with Gasteiger partial charge in [-0.15, -0.1) is 0 Å². The Hall–Kier alpha value is -3.87. The van der Waals surface area contributed by atoms with Crippen molar-refractivity contribution in [2.24, 2.45) is 0 Å². The minimum absolute atomic E-state index is 0.152. The van der Waals surface area contributed by atoms with Crippen molar-refractivity contribution >= 4 is 22.6 Å². The van der Waals surface area contributed by atoms with Crippen LogP contribution in [0.4, 0.5) is 5.69 Å². The quantitative estimate of drug-likeness (QED) is 0.476. The van der Waals surface area contributed by atoms with Crippen molar-refractivity contribution in [3.63, 3.8) is 0 Å². The smallest absolute Gasteiger partial charge is 0.252 e. The normalized spacial score (nSPS) is 11.0. The predicted octanol–water partition coefficient (Wildman–Crippen LogP) is 4.23. The third-order valence-corrected chi connectivity index (χ3v) is 5.30. The number of fused-ring (bicyclic) bond motifs is 1. The lowest BCUT2D eigenvalue weighted by Gasteiger charge is -2.12. The fourth-order valence-corrected chi connectivity index (χ4v) is 3.87. The molecule has 0 aliphatic carbocycles. The Morgan fingerprint density at radius 1 is 1.06 bits per heavy atom. The molecule has 1 N–H and O–H groups in total. The van der Waals surface area contributed by atoms with Crippen LogP contribution in [0, 0.1) is 13.8 Å². The number of aryl methyl sites for hydroxylation is 3. The number of nitrogens with one attached hydrogen (secondary N) is 1. The van der Waals surface area contributed by atoms with E-state index in [-0.39, 0.29) is 24.4 Å². The molecule has 32 heavy (non-hydrogen) atoms. The summed E-state index contributed by atoms with van der Waals surface area (Å²) in [7, 11) is 0. The van der Waals surface area contributed by atoms with Gasteiger partial charge in [0.15, 0.2) is 0 Å². The number of hydrogen-bond acceptors (Lipinski definition) is 4. The second-order valence-corrected chi connectivity index (χ2v) is 7.60. The van der Waals surface area contributed by atoms with Gasteiger partial charge in [-0.3, -0.25) is 14.2 Å². The molecule has 2 heterocycles. The molecule has 0 aliphatic rings. The molecule has 2 aromatic heterocycles. The highest BCUT2D eigenvalue weighted by atomic mass is 16.5. The van der Waals surface area contributed by atoms with E-state index in [1.54, 1.807) is 27.4 Å². The summed E-state index contributed by atoms with van der Waals surface area (Å²) in [6.45, 7) is 6.60. The van der Waals surface area contributed by atoms with E-state index in [4.69, 9.17) is 4.74 Å². The molecule has 0 atom stereocenters. The lowest BCUT2D eigenvalue weighted by molar-refractivity contribution is -0.116. The monoisotopic (exact) mass is 430 g/mol. The van der Waals surface area contributed by atoms with E-state index < -0.39 is 0 Å². The van der Waals surface area contributed by atoms with E-state index in [2.05, 4.69) is 10.4 Å². The first-order valence-corrected chi connectivity index (χ1v) is 10.7. The molecule has 164 valence electrons. The molecule has 7 heteroatoms. The van der Waals surface area contributed by atoms with Gasteiger partial charge in [-0.05, 0) is 62.7 Å². The number of nitrogens with zero attached hydrogens (tertiary/aromatic N) is 3. The van der Waals surface area contributed by atoms with E-state index in [0.717, 1.165) is 28.1 Å². The molecule has 0 unspecified atom stereocenters. The van der Waals surface area contributed by atoms with Crippen molar-refractivity contribution in [1.82, 2.24) is 14.3 Å². The van der Waals surface area contributed by atoms with Gasteiger partial charge in [0.2, 0.25) is 5.91 Å². The second kappa shape index (κ2) is 9.09. The van der Waals surface area contributed by atoms with E-state index >= 15 is 0 Å². The maximum absolute atomic E-state index is 12.9. The van der Waals surface area contributed by atoms with Gasteiger partial charge in [0, 0.05) is 30.1 Å². The molecule has 0 saturated heterocycles. The minimum Gasteiger partial charge on any atom is -0.494 e. The van der Waals surface area contributed by atoms with Gasteiger partial charge in [0.05, 0.1) is 18.0 Å². The summed E-state index contributed by atoms with van der Waals surface area (Å²) in [4.78, 5) is 25.5. The van der Waals surface area contributed by atoms with Crippen LogP contribution >= 0.6 is 0 Å². The molecule has 0 spiro atoms. The largest absolute Gasteiger partial charge is 0.494 e. The number of anilines is 1. The van der Waals surface area contributed by atoms with Crippen molar-refractivity contribution < 1.29 is 9.53 Å². The molecule has 0 fully saturated rings. The summed E-state index contributed by atoms with van der Waals surface area (Å²) in [6.07, 6.45) is 0.157. The van der Waals surface area contributed by atoms with Gasteiger partial charge in [0.1, 0.15) is 11.4 Å². The molecule has 7 nitrogen and oxygen atoms in total. The van der Waals surface area contributed by atoms with Gasteiger partial charge in [-0.25, -0.2) is 4.68 Å². The molecule has 0 saturated carbocycles. The van der Waals surface area contributed by atoms with E-state index in [9.17, 15) is 9.59 Å². The standard InChI is InChI=1S/C25H26N4O3/c1-4-32-21-12-10-19(11-13-21)26-22(30)14-15-28-23(31)16-17(2)24-18(3)27-29(25(24)28)20-8-6-5-7-9-20/h5-13,16H,4,14-15H2,1-3H3,(H,26,30). The first-order chi connectivity index (χ1) is 15.5. The van der Waals surface area contributed by atoms with Gasteiger partial charge in [0.25, 0.3) is 5.56 Å². The first kappa shape index (κ1) is 21.4. The molecule has 4 rings (SSSR count). The zero-order chi connectivity index (χ0) is 22.7. The Morgan fingerprint density at radius 3 is 2.47 bits per heavy atom. The van der Waals surface area contributed by atoms with Crippen molar-refractivity contribution in [3.8, 4) is 11.4 Å². The van der Waals surface area contributed by atoms with Crippen LogP contribution in [0.1, 0.15) is 24.6 Å². The molecule has 0 bridgehead atoms. The lowest BCUT2D eigenvalue weighted by Crippen LogP contribution is -2.25. The minimum atomic E-state index is -0.169. The highest BCUT2D eigenvalue weighted by Crippen LogP contribution is 2.24. The van der Waals surface area contributed by atoms with Crippen LogP contribution in [0.5, 0.6) is 5.75 Å². The van der Waals surface area contributed by atoms with Crippen molar-refractivity contribution in [1.29, 1.82) is 0 Å². The van der Waals surface area contributed by atoms with Crippen LogP contribution in [0.2, 0.25) is 0 Å². The SMILES string of the molecule is CCOc1ccc(NC(=O)CCn2c(=O)cc(C)c3c(C)nn(-c4ccccc4)c32)cc1. The average molecular weight is 431 g/mol. The molecule has 0 radical (unpaired) electrons. The third-order valence-electron chi connectivity index (χ3n) is 5.30. The van der Waals surface area contributed by atoms with Gasteiger partial charge < -0.3 is 10.1 Å². The van der Waals surface area contributed by atoms with Crippen LogP contribution in [-0.4, -0.2) is 26.9 Å². The van der Waals surface area contributed by atoms with Crippen molar-refractivity contribution in [2.75, 3.05) is 11.9 Å². The Kier molecular flexibility index (Phi) is 6.07. The summed E-state index contributed by atoms with van der Waals surface area (Å²) in [5.74, 6) is 0.584. The van der Waals surface area contributed by atoms with Gasteiger partial charge >= 0.3 is 0 Å². The molecular weight excluding hydrogens is 404 g/mol. The number of amides is 1. The van der Waals surface area contributed by atoms with Crippen LogP contribution in [0.3, 0.4) is 0 Å². The van der Waals surface area contributed by atoms with Crippen LogP contribution in [0.15, 0.2) is 65.5 Å². The predicted molar refractivity (Wildman–Crippen MR) is 126 cm³/mol. The maximum atomic E-state index is 12.9. The summed E-state index contributed by atoms with van der Waals surface area (Å²) >= 11 is 0. The van der Waals surface area contributed by atoms with Gasteiger partial charge in [-0.2, -0.15) is 5.10 Å². The highest BCUT2D eigenvalue weighted by Gasteiger charge is 2.17. The second-order valence-electron chi connectivity index (χ2n) is 7.60. The highest BCUT2D eigenvalue weighted by molar-refractivity contribution is 5.91. The maximum Gasteiger partial charge on any atom is 0.252 e. The summed E-state index contributed by atoms with van der Waals surface area (Å²) < 4.78 is 8.84. The molecule has 2 aromatic carbocycles. The number of rotatable bonds is 7. The van der Waals surface area contributed by atoms with E-state index in [1.165, 1.54) is 0 Å². The number of hydrogen-bond donors (Lipinski definition) is 1. The summed E-state index contributed by atoms with van der Waals surface area (Å²) in [5.41, 5.74) is 3.82. The van der Waals surface area contributed by atoms with Crippen LogP contribution < -0.4 is 15.6 Å². The van der Waals surface area contributed by atoms with Crippen LogP contribution in [0.25, 0.3) is 16.7 Å². The average Bonchev–Trinajstić information content (AvgIpc) is 3.13. The van der Waals surface area contributed by atoms with Crippen molar-refractivity contribution in [2.45, 2.75) is 33.7 Å². The van der Waals surface area contributed by atoms with Gasteiger partial charge in [-0.1, -0.05) is 18.2 Å². The third kappa shape index (κ3) is 4.27. The molecular formula is C25H26N4O3. The lowest BCUT2D eigenvalue weighted by atomic mass is 10.1. The van der Waals surface area contributed by atoms with E-state index in [1.807, 2.05) is 63.2 Å². The topological polar surface area (TPSA) is 78.2 Å². The Bertz CT molecular complexity index is 1310. The number of carbonyl (C=O) groups excluding carboxylic acids is 1. The van der Waals surface area contributed by atoms with Crippen molar-refractivity contribution in [3.05, 3.63) is 82.3 Å². The van der Waals surface area contributed by atoms with E-state index in [0.29, 0.717) is 17.9 Å². The Labute approximate surface area is 186 Å². The number of pyridine rings is 1. The number of carbonyl (C=O) groups is 1.